The zero-order chi connectivity index (χ0) is 18.5. The molecule has 1 N–H and O–H groups in total. The van der Waals surface area contributed by atoms with Gasteiger partial charge in [0, 0.05) is 26.2 Å². The Labute approximate surface area is 152 Å². The monoisotopic (exact) mass is 358 g/mol. The van der Waals surface area contributed by atoms with Crippen LogP contribution in [0.4, 0.5) is 9.18 Å². The van der Waals surface area contributed by atoms with Crippen LogP contribution in [0.3, 0.4) is 0 Å². The van der Waals surface area contributed by atoms with Crippen LogP contribution < -0.4 is 4.74 Å². The summed E-state index contributed by atoms with van der Waals surface area (Å²) in [4.78, 5) is 14.9. The number of nitrogens with zero attached hydrogens (tertiary/aromatic N) is 2. The summed E-state index contributed by atoms with van der Waals surface area (Å²) < 4.78 is 20.4. The second-order valence-corrected chi connectivity index (χ2v) is 6.44. The van der Waals surface area contributed by atoms with E-state index in [2.05, 4.69) is 4.90 Å². The summed E-state index contributed by atoms with van der Waals surface area (Å²) >= 11 is 0. The lowest BCUT2D eigenvalue weighted by molar-refractivity contribution is 0.0281. The van der Waals surface area contributed by atoms with Crippen LogP contribution in [0.1, 0.15) is 17.3 Å². The van der Waals surface area contributed by atoms with Crippen LogP contribution in [-0.4, -0.2) is 53.8 Å². The second-order valence-electron chi connectivity index (χ2n) is 6.44. The van der Waals surface area contributed by atoms with Crippen molar-refractivity contribution in [1.82, 2.24) is 9.80 Å². The molecule has 1 aliphatic rings. The standard InChI is InChI=1S/C20H23FN2O3/c1-26-17-9-5-8-16(12-17)19(21)18-14-22(10-11-23(18)20(24)25)13-15-6-3-2-4-7-15/h2-9,12,18-19H,10-11,13-14H2,1H3,(H,24,25)/t18-,19?/m0/s1. The van der Waals surface area contributed by atoms with E-state index >= 15 is 4.39 Å². The van der Waals surface area contributed by atoms with Gasteiger partial charge in [-0.15, -0.1) is 0 Å². The SMILES string of the molecule is COc1cccc(C(F)[C@@H]2CN(Cc3ccccc3)CCN2C(=O)O)c1. The molecule has 1 amide bonds. The van der Waals surface area contributed by atoms with Crippen LogP contribution in [-0.2, 0) is 6.54 Å². The van der Waals surface area contributed by atoms with E-state index in [4.69, 9.17) is 4.74 Å². The highest BCUT2D eigenvalue weighted by atomic mass is 19.1. The van der Waals surface area contributed by atoms with E-state index in [1.165, 1.54) is 12.0 Å². The normalized spacial score (nSPS) is 19.2. The number of methoxy groups -OCH3 is 1. The van der Waals surface area contributed by atoms with Gasteiger partial charge in [0.2, 0.25) is 0 Å². The molecular formula is C20H23FN2O3. The Hall–Kier alpha value is -2.60. The summed E-state index contributed by atoms with van der Waals surface area (Å²) in [5.74, 6) is 0.559. The lowest BCUT2D eigenvalue weighted by atomic mass is 9.99. The largest absolute Gasteiger partial charge is 0.497 e. The number of halogens is 1. The Kier molecular flexibility index (Phi) is 5.73. The summed E-state index contributed by atoms with van der Waals surface area (Å²) in [5.41, 5.74) is 1.56. The number of amides is 1. The smallest absolute Gasteiger partial charge is 0.407 e. The van der Waals surface area contributed by atoms with E-state index in [-0.39, 0.29) is 6.54 Å². The molecule has 138 valence electrons. The zero-order valence-electron chi connectivity index (χ0n) is 14.7. The third kappa shape index (κ3) is 4.14. The summed E-state index contributed by atoms with van der Waals surface area (Å²) in [7, 11) is 1.53. The fourth-order valence-electron chi connectivity index (χ4n) is 3.38. The van der Waals surface area contributed by atoms with Gasteiger partial charge in [0.1, 0.15) is 11.9 Å². The van der Waals surface area contributed by atoms with Gasteiger partial charge >= 0.3 is 6.09 Å². The first kappa shape index (κ1) is 18.2. The van der Waals surface area contributed by atoms with Gasteiger partial charge in [-0.25, -0.2) is 9.18 Å². The molecule has 5 nitrogen and oxygen atoms in total. The molecule has 2 aromatic carbocycles. The molecular weight excluding hydrogens is 335 g/mol. The number of rotatable bonds is 5. The van der Waals surface area contributed by atoms with Crippen molar-refractivity contribution in [3.8, 4) is 5.75 Å². The van der Waals surface area contributed by atoms with Gasteiger partial charge in [-0.05, 0) is 23.3 Å². The molecule has 2 atom stereocenters. The molecule has 0 bridgehead atoms. The highest BCUT2D eigenvalue weighted by molar-refractivity contribution is 5.66. The quantitative estimate of drug-likeness (QED) is 0.888. The summed E-state index contributed by atoms with van der Waals surface area (Å²) in [6.07, 6.45) is -2.50. The van der Waals surface area contributed by atoms with Crippen molar-refractivity contribution in [1.29, 1.82) is 0 Å². The number of hydrogen-bond donors (Lipinski definition) is 1. The molecule has 2 aromatic rings. The Morgan fingerprint density at radius 3 is 2.69 bits per heavy atom. The molecule has 0 radical (unpaired) electrons. The molecule has 3 rings (SSSR count). The van der Waals surface area contributed by atoms with Crippen LogP contribution in [0, 0.1) is 0 Å². The number of alkyl halides is 1. The van der Waals surface area contributed by atoms with Gasteiger partial charge in [-0.1, -0.05) is 42.5 Å². The van der Waals surface area contributed by atoms with Crippen molar-refractivity contribution in [3.05, 3.63) is 65.7 Å². The lowest BCUT2D eigenvalue weighted by Gasteiger charge is -2.41. The second kappa shape index (κ2) is 8.19. The molecule has 26 heavy (non-hydrogen) atoms. The van der Waals surface area contributed by atoms with Crippen molar-refractivity contribution in [2.24, 2.45) is 0 Å². The molecule has 1 unspecified atom stereocenters. The van der Waals surface area contributed by atoms with E-state index in [1.807, 2.05) is 30.3 Å². The van der Waals surface area contributed by atoms with Crippen molar-refractivity contribution in [2.75, 3.05) is 26.7 Å². The van der Waals surface area contributed by atoms with Gasteiger partial charge < -0.3 is 9.84 Å². The fraction of sp³-hybridized carbons (Fsp3) is 0.350. The van der Waals surface area contributed by atoms with Crippen molar-refractivity contribution >= 4 is 6.09 Å². The first-order chi connectivity index (χ1) is 12.6. The highest BCUT2D eigenvalue weighted by Crippen LogP contribution is 2.30. The maximum Gasteiger partial charge on any atom is 0.407 e. The number of benzene rings is 2. The van der Waals surface area contributed by atoms with Crippen LogP contribution in [0.15, 0.2) is 54.6 Å². The van der Waals surface area contributed by atoms with E-state index in [9.17, 15) is 9.90 Å². The van der Waals surface area contributed by atoms with Crippen LogP contribution >= 0.6 is 0 Å². The predicted octanol–water partition coefficient (Wildman–Crippen LogP) is 3.57. The average Bonchev–Trinajstić information content (AvgIpc) is 2.68. The minimum atomic E-state index is -1.42. The van der Waals surface area contributed by atoms with Gasteiger partial charge in [-0.2, -0.15) is 0 Å². The molecule has 0 aromatic heterocycles. The van der Waals surface area contributed by atoms with E-state index in [1.54, 1.807) is 24.3 Å². The molecule has 1 aliphatic heterocycles. The molecule has 1 saturated heterocycles. The van der Waals surface area contributed by atoms with Crippen LogP contribution in [0.2, 0.25) is 0 Å². The van der Waals surface area contributed by atoms with Crippen LogP contribution in [0.5, 0.6) is 5.75 Å². The van der Waals surface area contributed by atoms with Crippen molar-refractivity contribution < 1.29 is 19.0 Å². The minimum Gasteiger partial charge on any atom is -0.497 e. The number of carbonyl (C=O) groups is 1. The van der Waals surface area contributed by atoms with Crippen molar-refractivity contribution in [2.45, 2.75) is 18.8 Å². The minimum absolute atomic E-state index is 0.289. The predicted molar refractivity (Wildman–Crippen MR) is 97.1 cm³/mol. The van der Waals surface area contributed by atoms with Gasteiger partial charge in [-0.3, -0.25) is 9.80 Å². The van der Waals surface area contributed by atoms with Gasteiger partial charge in [0.15, 0.2) is 0 Å². The molecule has 1 heterocycles. The third-order valence-electron chi connectivity index (χ3n) is 4.75. The van der Waals surface area contributed by atoms with E-state index in [0.29, 0.717) is 30.9 Å². The summed E-state index contributed by atoms with van der Waals surface area (Å²) in [6, 6.07) is 15.9. The Balaban J connectivity index is 1.78. The fourth-order valence-corrected chi connectivity index (χ4v) is 3.38. The van der Waals surface area contributed by atoms with Crippen molar-refractivity contribution in [3.63, 3.8) is 0 Å². The Bertz CT molecular complexity index is 741. The topological polar surface area (TPSA) is 53.0 Å². The van der Waals surface area contributed by atoms with E-state index < -0.39 is 18.3 Å². The third-order valence-corrected chi connectivity index (χ3v) is 4.75. The lowest BCUT2D eigenvalue weighted by Crippen LogP contribution is -2.56. The maximum absolute atomic E-state index is 15.3. The Morgan fingerprint density at radius 2 is 2.00 bits per heavy atom. The molecule has 0 saturated carbocycles. The summed E-state index contributed by atoms with van der Waals surface area (Å²) in [6.45, 7) is 1.90. The Morgan fingerprint density at radius 1 is 1.23 bits per heavy atom. The van der Waals surface area contributed by atoms with Gasteiger partial charge in [0.05, 0.1) is 13.2 Å². The maximum atomic E-state index is 15.3. The summed E-state index contributed by atoms with van der Waals surface area (Å²) in [5, 5.41) is 9.50. The molecule has 0 spiro atoms. The highest BCUT2D eigenvalue weighted by Gasteiger charge is 2.37. The number of ether oxygens (including phenoxy) is 1. The average molecular weight is 358 g/mol. The molecule has 1 fully saturated rings. The number of carboxylic acid groups (broad SMARTS) is 1. The number of hydrogen-bond acceptors (Lipinski definition) is 3. The molecule has 6 heteroatoms. The van der Waals surface area contributed by atoms with Gasteiger partial charge in [0.25, 0.3) is 0 Å². The first-order valence-corrected chi connectivity index (χ1v) is 8.62. The number of piperazine rings is 1. The zero-order valence-corrected chi connectivity index (χ0v) is 14.7. The van der Waals surface area contributed by atoms with E-state index in [0.717, 1.165) is 5.56 Å². The first-order valence-electron chi connectivity index (χ1n) is 8.62. The molecule has 0 aliphatic carbocycles. The van der Waals surface area contributed by atoms with Crippen LogP contribution in [0.25, 0.3) is 0 Å².